The molecule has 0 amide bonds. The highest BCUT2D eigenvalue weighted by atomic mass is 35.5. The van der Waals surface area contributed by atoms with E-state index in [4.69, 9.17) is 23.2 Å². The SMILES string of the molecule is C=CCN(C)c1cc(Cl)ccc1Cl. The van der Waals surface area contributed by atoms with Crippen molar-refractivity contribution < 1.29 is 0 Å². The van der Waals surface area contributed by atoms with Gasteiger partial charge in [0.2, 0.25) is 0 Å². The lowest BCUT2D eigenvalue weighted by Gasteiger charge is -2.18. The number of hydrogen-bond acceptors (Lipinski definition) is 1. The Morgan fingerprint density at radius 1 is 1.46 bits per heavy atom. The summed E-state index contributed by atoms with van der Waals surface area (Å²) in [5.41, 5.74) is 0.925. The highest BCUT2D eigenvalue weighted by Crippen LogP contribution is 2.27. The van der Waals surface area contributed by atoms with Gasteiger partial charge in [0, 0.05) is 18.6 Å². The molecule has 1 aromatic rings. The first-order valence-corrected chi connectivity index (χ1v) is 4.68. The Morgan fingerprint density at radius 2 is 2.15 bits per heavy atom. The van der Waals surface area contributed by atoms with Crippen LogP contribution in [-0.2, 0) is 0 Å². The lowest BCUT2D eigenvalue weighted by atomic mass is 10.3. The van der Waals surface area contributed by atoms with Crippen LogP contribution in [0.4, 0.5) is 5.69 Å². The van der Waals surface area contributed by atoms with E-state index in [2.05, 4.69) is 6.58 Å². The summed E-state index contributed by atoms with van der Waals surface area (Å²) in [5, 5.41) is 1.39. The van der Waals surface area contributed by atoms with Crippen LogP contribution in [0.2, 0.25) is 10.0 Å². The summed E-state index contributed by atoms with van der Waals surface area (Å²) in [6.07, 6.45) is 1.82. The molecule has 70 valence electrons. The molecule has 0 aromatic heterocycles. The van der Waals surface area contributed by atoms with Crippen LogP contribution >= 0.6 is 23.2 Å². The fraction of sp³-hybridized carbons (Fsp3) is 0.200. The molecular weight excluding hydrogens is 205 g/mol. The molecule has 3 heteroatoms. The van der Waals surface area contributed by atoms with Crippen LogP contribution in [0.1, 0.15) is 0 Å². The predicted octanol–water partition coefficient (Wildman–Crippen LogP) is 3.62. The van der Waals surface area contributed by atoms with Gasteiger partial charge in [0.25, 0.3) is 0 Å². The predicted molar refractivity (Wildman–Crippen MR) is 59.9 cm³/mol. The minimum Gasteiger partial charge on any atom is -0.370 e. The van der Waals surface area contributed by atoms with Gasteiger partial charge in [-0.05, 0) is 18.2 Å². The Kier molecular flexibility index (Phi) is 3.64. The number of nitrogens with zero attached hydrogens (tertiary/aromatic N) is 1. The first-order chi connectivity index (χ1) is 6.15. The van der Waals surface area contributed by atoms with Crippen LogP contribution in [-0.4, -0.2) is 13.6 Å². The number of halogens is 2. The fourth-order valence-corrected chi connectivity index (χ4v) is 1.50. The Bertz CT molecular complexity index is 310. The largest absolute Gasteiger partial charge is 0.370 e. The van der Waals surface area contributed by atoms with Crippen molar-refractivity contribution in [1.82, 2.24) is 0 Å². The van der Waals surface area contributed by atoms with Gasteiger partial charge in [-0.25, -0.2) is 0 Å². The van der Waals surface area contributed by atoms with Crippen LogP contribution < -0.4 is 4.90 Å². The monoisotopic (exact) mass is 215 g/mol. The number of rotatable bonds is 3. The van der Waals surface area contributed by atoms with E-state index in [0.29, 0.717) is 10.0 Å². The maximum atomic E-state index is 5.99. The van der Waals surface area contributed by atoms with Gasteiger partial charge in [0.15, 0.2) is 0 Å². The summed E-state index contributed by atoms with van der Waals surface area (Å²) in [6.45, 7) is 4.41. The van der Waals surface area contributed by atoms with Crippen LogP contribution in [0, 0.1) is 0 Å². The normalized spacial score (nSPS) is 9.77. The molecule has 0 N–H and O–H groups in total. The van der Waals surface area contributed by atoms with Crippen molar-refractivity contribution in [3.63, 3.8) is 0 Å². The molecule has 0 radical (unpaired) electrons. The maximum Gasteiger partial charge on any atom is 0.0640 e. The van der Waals surface area contributed by atoms with Crippen molar-refractivity contribution >= 4 is 28.9 Å². The highest BCUT2D eigenvalue weighted by Gasteiger charge is 2.04. The van der Waals surface area contributed by atoms with Crippen molar-refractivity contribution in [1.29, 1.82) is 0 Å². The molecule has 0 unspecified atom stereocenters. The number of hydrogen-bond donors (Lipinski definition) is 0. The molecular formula is C10H11Cl2N. The van der Waals surface area contributed by atoms with Crippen molar-refractivity contribution in [2.75, 3.05) is 18.5 Å². The first-order valence-electron chi connectivity index (χ1n) is 3.92. The Labute approximate surface area is 88.6 Å². The first kappa shape index (κ1) is 10.4. The Morgan fingerprint density at radius 3 is 2.77 bits per heavy atom. The summed E-state index contributed by atoms with van der Waals surface area (Å²) in [7, 11) is 1.94. The molecule has 0 fully saturated rings. The molecule has 0 aliphatic carbocycles. The second kappa shape index (κ2) is 4.54. The third kappa shape index (κ3) is 2.64. The van der Waals surface area contributed by atoms with Crippen LogP contribution in [0.25, 0.3) is 0 Å². The van der Waals surface area contributed by atoms with E-state index < -0.39 is 0 Å². The third-order valence-electron chi connectivity index (χ3n) is 1.72. The van der Waals surface area contributed by atoms with Gasteiger partial charge >= 0.3 is 0 Å². The van der Waals surface area contributed by atoms with Crippen molar-refractivity contribution in [2.45, 2.75) is 0 Å². The van der Waals surface area contributed by atoms with Crippen molar-refractivity contribution in [3.8, 4) is 0 Å². The highest BCUT2D eigenvalue weighted by molar-refractivity contribution is 6.35. The average molecular weight is 216 g/mol. The van der Waals surface area contributed by atoms with Gasteiger partial charge in [0.1, 0.15) is 0 Å². The van der Waals surface area contributed by atoms with Gasteiger partial charge in [0.05, 0.1) is 10.7 Å². The summed E-state index contributed by atoms with van der Waals surface area (Å²) in [4.78, 5) is 1.99. The van der Waals surface area contributed by atoms with E-state index in [1.807, 2.05) is 24.1 Å². The van der Waals surface area contributed by atoms with Crippen LogP contribution in [0.3, 0.4) is 0 Å². The molecule has 13 heavy (non-hydrogen) atoms. The molecule has 0 aliphatic heterocycles. The minimum atomic E-state index is 0.690. The Hall–Kier alpha value is -0.660. The van der Waals surface area contributed by atoms with Crippen molar-refractivity contribution in [2.24, 2.45) is 0 Å². The molecule has 0 heterocycles. The third-order valence-corrected chi connectivity index (χ3v) is 2.28. The molecule has 0 aliphatic rings. The Balaban J connectivity index is 2.97. The topological polar surface area (TPSA) is 3.24 Å². The molecule has 0 saturated carbocycles. The number of likely N-dealkylation sites (N-methyl/N-ethyl adjacent to an activating group) is 1. The van der Waals surface area contributed by atoms with E-state index in [-0.39, 0.29) is 0 Å². The smallest absolute Gasteiger partial charge is 0.0640 e. The molecule has 1 rings (SSSR count). The van der Waals surface area contributed by atoms with E-state index in [0.717, 1.165) is 12.2 Å². The fourth-order valence-electron chi connectivity index (χ4n) is 1.07. The number of benzene rings is 1. The van der Waals surface area contributed by atoms with Crippen LogP contribution in [0.5, 0.6) is 0 Å². The second-order valence-corrected chi connectivity index (χ2v) is 3.61. The molecule has 0 atom stereocenters. The zero-order chi connectivity index (χ0) is 9.84. The van der Waals surface area contributed by atoms with E-state index in [1.165, 1.54) is 0 Å². The molecule has 0 bridgehead atoms. The van der Waals surface area contributed by atoms with Gasteiger partial charge < -0.3 is 4.90 Å². The summed E-state index contributed by atoms with van der Waals surface area (Å²) < 4.78 is 0. The molecule has 1 aromatic carbocycles. The zero-order valence-corrected chi connectivity index (χ0v) is 8.94. The second-order valence-electron chi connectivity index (χ2n) is 2.76. The van der Waals surface area contributed by atoms with Gasteiger partial charge in [-0.3, -0.25) is 0 Å². The van der Waals surface area contributed by atoms with E-state index in [9.17, 15) is 0 Å². The standard InChI is InChI=1S/C10H11Cl2N/c1-3-6-13(2)10-7-8(11)4-5-9(10)12/h3-5,7H,1,6H2,2H3. The zero-order valence-electron chi connectivity index (χ0n) is 7.43. The van der Waals surface area contributed by atoms with Crippen LogP contribution in [0.15, 0.2) is 30.9 Å². The number of anilines is 1. The average Bonchev–Trinajstić information content (AvgIpc) is 2.09. The maximum absolute atomic E-state index is 5.99. The van der Waals surface area contributed by atoms with Gasteiger partial charge in [-0.15, -0.1) is 6.58 Å². The lowest BCUT2D eigenvalue weighted by Crippen LogP contribution is -2.16. The lowest BCUT2D eigenvalue weighted by molar-refractivity contribution is 1.03. The van der Waals surface area contributed by atoms with Gasteiger partial charge in [-0.2, -0.15) is 0 Å². The minimum absolute atomic E-state index is 0.690. The molecule has 0 spiro atoms. The molecule has 1 nitrogen and oxygen atoms in total. The summed E-state index contributed by atoms with van der Waals surface area (Å²) in [6, 6.07) is 5.40. The van der Waals surface area contributed by atoms with E-state index >= 15 is 0 Å². The summed E-state index contributed by atoms with van der Waals surface area (Å²) >= 11 is 11.8. The van der Waals surface area contributed by atoms with Crippen molar-refractivity contribution in [3.05, 3.63) is 40.9 Å². The summed E-state index contributed by atoms with van der Waals surface area (Å²) in [5.74, 6) is 0. The quantitative estimate of drug-likeness (QED) is 0.697. The van der Waals surface area contributed by atoms with E-state index in [1.54, 1.807) is 12.1 Å². The molecule has 0 saturated heterocycles. The van der Waals surface area contributed by atoms with Gasteiger partial charge in [-0.1, -0.05) is 29.3 Å².